The molecule has 1 N–H and O–H groups in total. The van der Waals surface area contributed by atoms with Gasteiger partial charge in [0.2, 0.25) is 5.91 Å². The minimum atomic E-state index is -4.78. The van der Waals surface area contributed by atoms with E-state index in [1.165, 1.54) is 19.9 Å². The van der Waals surface area contributed by atoms with Gasteiger partial charge in [-0.15, -0.1) is 0 Å². The van der Waals surface area contributed by atoms with Gasteiger partial charge in [-0.25, -0.2) is 8.78 Å². The first kappa shape index (κ1) is 25.5. The van der Waals surface area contributed by atoms with Gasteiger partial charge in [-0.05, 0) is 54.7 Å². The lowest BCUT2D eigenvalue weighted by Crippen LogP contribution is -2.44. The van der Waals surface area contributed by atoms with Gasteiger partial charge >= 0.3 is 6.18 Å². The molecule has 1 heterocycles. The highest BCUT2D eigenvalue weighted by Crippen LogP contribution is 2.43. The largest absolute Gasteiger partial charge is 0.476 e. The molecule has 5 nitrogen and oxygen atoms in total. The minimum absolute atomic E-state index is 0.107. The van der Waals surface area contributed by atoms with E-state index in [9.17, 15) is 27.2 Å². The summed E-state index contributed by atoms with van der Waals surface area (Å²) in [5.74, 6) is -3.38. The summed E-state index contributed by atoms with van der Waals surface area (Å²) in [5.41, 5.74) is -1.95. The number of halogens is 5. The fourth-order valence-electron chi connectivity index (χ4n) is 3.74. The number of ether oxygens (including phenoxy) is 1. The molecule has 2 aromatic carbocycles. The fraction of sp³-hybridized carbons (Fsp3) is 0.417. The molecule has 34 heavy (non-hydrogen) atoms. The lowest BCUT2D eigenvalue weighted by molar-refractivity contribution is -0.138. The number of rotatable bonds is 4. The van der Waals surface area contributed by atoms with Crippen molar-refractivity contribution in [3.63, 3.8) is 0 Å². The van der Waals surface area contributed by atoms with E-state index in [-0.39, 0.29) is 34.5 Å². The van der Waals surface area contributed by atoms with Gasteiger partial charge in [-0.1, -0.05) is 20.8 Å². The highest BCUT2D eigenvalue weighted by atomic mass is 19.4. The van der Waals surface area contributed by atoms with Crippen LogP contribution in [0, 0.1) is 24.0 Å². The van der Waals surface area contributed by atoms with E-state index in [1.807, 2.05) is 20.8 Å². The van der Waals surface area contributed by atoms with Gasteiger partial charge in [0.1, 0.15) is 5.82 Å². The lowest BCUT2D eigenvalue weighted by atomic mass is 9.92. The Labute approximate surface area is 193 Å². The zero-order valence-electron chi connectivity index (χ0n) is 19.4. The monoisotopic (exact) mass is 484 g/mol. The van der Waals surface area contributed by atoms with Gasteiger partial charge in [0.05, 0.1) is 23.5 Å². The standard InChI is InChI=1S/C24H25F5N2O3/c1-12-8-17-21(19(26)20(12)30-18(32)10-23(3,4)5)34-13(2)22(33)31(17)11-14-9-15(25)6-7-16(14)24(27,28)29/h6-9,13H,10-11H2,1-5H3,(H,30,32). The molecule has 3 rings (SSSR count). The average molecular weight is 484 g/mol. The van der Waals surface area contributed by atoms with Crippen LogP contribution in [-0.4, -0.2) is 17.9 Å². The zero-order chi connectivity index (χ0) is 25.6. The van der Waals surface area contributed by atoms with E-state index in [4.69, 9.17) is 4.74 Å². The van der Waals surface area contributed by atoms with Crippen molar-refractivity contribution in [2.75, 3.05) is 10.2 Å². The van der Waals surface area contributed by atoms with Crippen molar-refractivity contribution in [1.29, 1.82) is 0 Å². The molecule has 1 aliphatic heterocycles. The van der Waals surface area contributed by atoms with Crippen molar-refractivity contribution in [3.05, 3.63) is 52.6 Å². The van der Waals surface area contributed by atoms with Gasteiger partial charge in [0.25, 0.3) is 5.91 Å². The smallest absolute Gasteiger partial charge is 0.416 e. The van der Waals surface area contributed by atoms with Gasteiger partial charge in [-0.3, -0.25) is 9.59 Å². The Morgan fingerprint density at radius 2 is 1.79 bits per heavy atom. The summed E-state index contributed by atoms with van der Waals surface area (Å²) in [6.07, 6.45) is -5.88. The number of aryl methyl sites for hydroxylation is 1. The Morgan fingerprint density at radius 1 is 1.15 bits per heavy atom. The van der Waals surface area contributed by atoms with E-state index in [0.717, 1.165) is 4.90 Å². The molecule has 1 atom stereocenters. The Bertz CT molecular complexity index is 1140. The topological polar surface area (TPSA) is 58.6 Å². The Morgan fingerprint density at radius 3 is 2.38 bits per heavy atom. The molecule has 2 aromatic rings. The molecule has 0 aliphatic carbocycles. The second kappa shape index (κ2) is 8.88. The molecule has 0 saturated heterocycles. The molecule has 184 valence electrons. The van der Waals surface area contributed by atoms with Crippen LogP contribution in [0.2, 0.25) is 0 Å². The van der Waals surface area contributed by atoms with Crippen molar-refractivity contribution < 1.29 is 36.3 Å². The van der Waals surface area contributed by atoms with E-state index in [1.54, 1.807) is 0 Å². The highest BCUT2D eigenvalue weighted by Gasteiger charge is 2.38. The third kappa shape index (κ3) is 5.31. The van der Waals surface area contributed by atoms with Crippen LogP contribution in [0.5, 0.6) is 5.75 Å². The molecule has 0 bridgehead atoms. The maximum atomic E-state index is 15.4. The number of alkyl halides is 3. The van der Waals surface area contributed by atoms with Crippen LogP contribution >= 0.6 is 0 Å². The predicted octanol–water partition coefficient (Wildman–Crippen LogP) is 5.98. The number of hydrogen-bond donors (Lipinski definition) is 1. The molecule has 0 spiro atoms. The number of nitrogens with one attached hydrogen (secondary N) is 1. The number of nitrogens with zero attached hydrogens (tertiary/aromatic N) is 1. The Balaban J connectivity index is 2.06. The van der Waals surface area contributed by atoms with Gasteiger partial charge in [-0.2, -0.15) is 13.2 Å². The third-order valence-corrected chi connectivity index (χ3v) is 5.25. The summed E-state index contributed by atoms with van der Waals surface area (Å²) in [4.78, 5) is 26.1. The Hall–Kier alpha value is -3.17. The van der Waals surface area contributed by atoms with Crippen LogP contribution in [0.3, 0.4) is 0 Å². The second-order valence-corrected chi connectivity index (χ2v) is 9.50. The summed E-state index contributed by atoms with van der Waals surface area (Å²) >= 11 is 0. The number of carbonyl (C=O) groups is 2. The first-order chi connectivity index (χ1) is 15.6. The van der Waals surface area contributed by atoms with Crippen molar-refractivity contribution in [3.8, 4) is 5.75 Å². The number of hydrogen-bond acceptors (Lipinski definition) is 3. The van der Waals surface area contributed by atoms with Crippen LogP contribution in [0.4, 0.5) is 33.3 Å². The van der Waals surface area contributed by atoms with Crippen LogP contribution in [0.1, 0.15) is 50.8 Å². The van der Waals surface area contributed by atoms with E-state index in [0.29, 0.717) is 18.2 Å². The molecule has 0 saturated carbocycles. The Kier molecular flexibility index (Phi) is 6.65. The lowest BCUT2D eigenvalue weighted by Gasteiger charge is -2.34. The number of carbonyl (C=O) groups excluding carboxylic acids is 2. The number of anilines is 2. The summed E-state index contributed by atoms with van der Waals surface area (Å²) in [6, 6.07) is 3.32. The number of fused-ring (bicyclic) bond motifs is 1. The highest BCUT2D eigenvalue weighted by molar-refractivity contribution is 6.01. The molecular formula is C24H25F5N2O3. The first-order valence-corrected chi connectivity index (χ1v) is 10.5. The number of amides is 2. The van der Waals surface area contributed by atoms with Crippen molar-refractivity contribution in [2.45, 2.75) is 59.9 Å². The molecule has 2 amide bonds. The predicted molar refractivity (Wildman–Crippen MR) is 117 cm³/mol. The molecule has 10 heteroatoms. The van der Waals surface area contributed by atoms with Crippen LogP contribution in [0.25, 0.3) is 0 Å². The minimum Gasteiger partial charge on any atom is -0.476 e. The van der Waals surface area contributed by atoms with E-state index in [2.05, 4.69) is 5.32 Å². The van der Waals surface area contributed by atoms with E-state index >= 15 is 4.39 Å². The van der Waals surface area contributed by atoms with Crippen molar-refractivity contribution in [1.82, 2.24) is 0 Å². The molecule has 1 unspecified atom stereocenters. The number of benzene rings is 2. The maximum Gasteiger partial charge on any atom is 0.416 e. The maximum absolute atomic E-state index is 15.4. The van der Waals surface area contributed by atoms with Crippen molar-refractivity contribution in [2.24, 2.45) is 5.41 Å². The van der Waals surface area contributed by atoms with Crippen LogP contribution in [0.15, 0.2) is 24.3 Å². The summed E-state index contributed by atoms with van der Waals surface area (Å²) in [7, 11) is 0. The van der Waals surface area contributed by atoms with Crippen LogP contribution < -0.4 is 15.0 Å². The average Bonchev–Trinajstić information content (AvgIpc) is 2.67. The summed E-state index contributed by atoms with van der Waals surface area (Å²) in [6.45, 7) is 7.70. The molecule has 0 radical (unpaired) electrons. The molecular weight excluding hydrogens is 459 g/mol. The summed E-state index contributed by atoms with van der Waals surface area (Å²) < 4.78 is 75.1. The summed E-state index contributed by atoms with van der Waals surface area (Å²) in [5, 5.41) is 2.52. The van der Waals surface area contributed by atoms with Crippen molar-refractivity contribution >= 4 is 23.2 Å². The van der Waals surface area contributed by atoms with E-state index < -0.39 is 53.4 Å². The quantitative estimate of drug-likeness (QED) is 0.543. The van der Waals surface area contributed by atoms with Gasteiger partial charge in [0.15, 0.2) is 17.7 Å². The third-order valence-electron chi connectivity index (χ3n) is 5.25. The van der Waals surface area contributed by atoms with Gasteiger partial charge in [0, 0.05) is 6.42 Å². The molecule has 0 aromatic heterocycles. The fourth-order valence-corrected chi connectivity index (χ4v) is 3.74. The van der Waals surface area contributed by atoms with Crippen LogP contribution in [-0.2, 0) is 22.3 Å². The SMILES string of the molecule is Cc1cc2c(c(F)c1NC(=O)CC(C)(C)C)OC(C)C(=O)N2Cc1cc(F)ccc1C(F)(F)F. The zero-order valence-corrected chi connectivity index (χ0v) is 19.4. The van der Waals surface area contributed by atoms with Gasteiger partial charge < -0.3 is 15.0 Å². The molecule has 0 fully saturated rings. The second-order valence-electron chi connectivity index (χ2n) is 9.50. The molecule has 1 aliphatic rings. The normalized spacial score (nSPS) is 16.2. The first-order valence-electron chi connectivity index (χ1n) is 10.5.